The van der Waals surface area contributed by atoms with Crippen molar-refractivity contribution in [1.29, 1.82) is 0 Å². The summed E-state index contributed by atoms with van der Waals surface area (Å²) in [5.41, 5.74) is 0.333. The highest BCUT2D eigenvalue weighted by Gasteiger charge is 2.39. The summed E-state index contributed by atoms with van der Waals surface area (Å²) in [6.07, 6.45) is 1.67. The molecule has 3 unspecified atom stereocenters. The highest BCUT2D eigenvalue weighted by molar-refractivity contribution is 4.91. The molecule has 1 N–H and O–H groups in total. The molecule has 2 aliphatic rings. The van der Waals surface area contributed by atoms with Crippen molar-refractivity contribution in [1.82, 2.24) is 5.32 Å². The van der Waals surface area contributed by atoms with Crippen LogP contribution < -0.4 is 5.32 Å². The van der Waals surface area contributed by atoms with Gasteiger partial charge in [0.15, 0.2) is 0 Å². The van der Waals surface area contributed by atoms with Gasteiger partial charge in [0, 0.05) is 13.1 Å². The van der Waals surface area contributed by atoms with E-state index in [0.717, 1.165) is 32.7 Å². The molecule has 0 aromatic rings. The van der Waals surface area contributed by atoms with E-state index in [1.54, 1.807) is 0 Å². The molecule has 0 radical (unpaired) electrons. The summed E-state index contributed by atoms with van der Waals surface area (Å²) in [7, 11) is 0. The van der Waals surface area contributed by atoms with Crippen molar-refractivity contribution in [2.24, 2.45) is 11.3 Å². The van der Waals surface area contributed by atoms with Crippen molar-refractivity contribution in [2.45, 2.75) is 39.4 Å². The minimum atomic E-state index is 0.263. The normalized spacial score (nSPS) is 42.4. The van der Waals surface area contributed by atoms with E-state index in [-0.39, 0.29) is 6.10 Å². The summed E-state index contributed by atoms with van der Waals surface area (Å²) in [5.74, 6) is 0.675. The number of rotatable bonds is 1. The van der Waals surface area contributed by atoms with Gasteiger partial charge in [-0.1, -0.05) is 20.8 Å². The van der Waals surface area contributed by atoms with Crippen molar-refractivity contribution in [3.8, 4) is 0 Å². The molecule has 0 saturated carbocycles. The Kier molecular flexibility index (Phi) is 3.33. The van der Waals surface area contributed by atoms with Crippen LogP contribution in [0.1, 0.15) is 27.2 Å². The van der Waals surface area contributed by atoms with Crippen LogP contribution in [-0.4, -0.2) is 38.5 Å². The smallest absolute Gasteiger partial charge is 0.0961 e. The maximum atomic E-state index is 5.84. The summed E-state index contributed by atoms with van der Waals surface area (Å²) < 4.78 is 11.6. The SMILES string of the molecule is CC(C)C1(C)CNCC2OCCOC2C1. The van der Waals surface area contributed by atoms with Gasteiger partial charge in [-0.05, 0) is 17.8 Å². The lowest BCUT2D eigenvalue weighted by atomic mass is 9.75. The molecule has 3 nitrogen and oxygen atoms in total. The zero-order valence-corrected chi connectivity index (χ0v) is 10.1. The predicted molar refractivity (Wildman–Crippen MR) is 59.9 cm³/mol. The van der Waals surface area contributed by atoms with E-state index in [1.165, 1.54) is 0 Å². The molecule has 0 aromatic carbocycles. The molecule has 2 rings (SSSR count). The average molecular weight is 213 g/mol. The summed E-state index contributed by atoms with van der Waals surface area (Å²) in [5, 5.41) is 3.51. The van der Waals surface area contributed by atoms with E-state index < -0.39 is 0 Å². The number of ether oxygens (including phenoxy) is 2. The summed E-state index contributed by atoms with van der Waals surface area (Å²) >= 11 is 0. The Morgan fingerprint density at radius 3 is 2.53 bits per heavy atom. The van der Waals surface area contributed by atoms with Crippen LogP contribution in [-0.2, 0) is 9.47 Å². The van der Waals surface area contributed by atoms with Gasteiger partial charge >= 0.3 is 0 Å². The molecule has 0 aliphatic carbocycles. The molecule has 2 saturated heterocycles. The maximum absolute atomic E-state index is 5.84. The van der Waals surface area contributed by atoms with Gasteiger partial charge in [-0.2, -0.15) is 0 Å². The average Bonchev–Trinajstić information content (AvgIpc) is 2.36. The third-order valence-electron chi connectivity index (χ3n) is 4.10. The van der Waals surface area contributed by atoms with Crippen molar-refractivity contribution in [3.63, 3.8) is 0 Å². The van der Waals surface area contributed by atoms with Gasteiger partial charge in [-0.15, -0.1) is 0 Å². The minimum absolute atomic E-state index is 0.263. The molecular formula is C12H23NO2. The lowest BCUT2D eigenvalue weighted by Crippen LogP contribution is -2.43. The fourth-order valence-electron chi connectivity index (χ4n) is 2.47. The first kappa shape index (κ1) is 11.4. The predicted octanol–water partition coefficient (Wildman–Crippen LogP) is 1.43. The molecule has 3 atom stereocenters. The fraction of sp³-hybridized carbons (Fsp3) is 1.00. The Labute approximate surface area is 92.5 Å². The molecule has 2 aliphatic heterocycles. The fourth-order valence-corrected chi connectivity index (χ4v) is 2.47. The Morgan fingerprint density at radius 2 is 1.87 bits per heavy atom. The lowest BCUT2D eigenvalue weighted by Gasteiger charge is -2.37. The van der Waals surface area contributed by atoms with Gasteiger partial charge < -0.3 is 14.8 Å². The molecule has 2 fully saturated rings. The van der Waals surface area contributed by atoms with E-state index in [4.69, 9.17) is 9.47 Å². The Morgan fingerprint density at radius 1 is 1.20 bits per heavy atom. The molecule has 15 heavy (non-hydrogen) atoms. The number of nitrogens with one attached hydrogen (secondary N) is 1. The standard InChI is InChI=1S/C12H23NO2/c1-9(2)12(3)6-10-11(7-13-8-12)15-5-4-14-10/h9-11,13H,4-8H2,1-3H3. The Balaban J connectivity index is 2.07. The summed E-state index contributed by atoms with van der Waals surface area (Å²) in [6, 6.07) is 0. The zero-order chi connectivity index (χ0) is 10.9. The van der Waals surface area contributed by atoms with Crippen molar-refractivity contribution in [3.05, 3.63) is 0 Å². The molecular weight excluding hydrogens is 190 g/mol. The van der Waals surface area contributed by atoms with Crippen LogP contribution in [0.2, 0.25) is 0 Å². The molecule has 0 bridgehead atoms. The second kappa shape index (κ2) is 4.40. The van der Waals surface area contributed by atoms with Gasteiger partial charge in [0.05, 0.1) is 25.4 Å². The first-order valence-corrected chi connectivity index (χ1v) is 6.06. The van der Waals surface area contributed by atoms with Crippen molar-refractivity contribution >= 4 is 0 Å². The van der Waals surface area contributed by atoms with Crippen LogP contribution in [0.25, 0.3) is 0 Å². The zero-order valence-electron chi connectivity index (χ0n) is 10.1. The Hall–Kier alpha value is -0.120. The van der Waals surface area contributed by atoms with E-state index in [2.05, 4.69) is 26.1 Å². The molecule has 2 heterocycles. The van der Waals surface area contributed by atoms with Crippen molar-refractivity contribution in [2.75, 3.05) is 26.3 Å². The summed E-state index contributed by atoms with van der Waals surface area (Å²) in [6.45, 7) is 10.5. The van der Waals surface area contributed by atoms with Gasteiger partial charge in [0.2, 0.25) is 0 Å². The Bertz CT molecular complexity index is 220. The van der Waals surface area contributed by atoms with Crippen LogP contribution in [0.4, 0.5) is 0 Å². The second-order valence-corrected chi connectivity index (χ2v) is 5.46. The lowest BCUT2D eigenvalue weighted by molar-refractivity contribution is -0.144. The highest BCUT2D eigenvalue weighted by Crippen LogP contribution is 2.36. The quantitative estimate of drug-likeness (QED) is 0.714. The third-order valence-corrected chi connectivity index (χ3v) is 4.10. The molecule has 3 heteroatoms. The largest absolute Gasteiger partial charge is 0.373 e. The first-order valence-electron chi connectivity index (χ1n) is 6.06. The van der Waals surface area contributed by atoms with Crippen LogP contribution in [0.3, 0.4) is 0 Å². The molecule has 88 valence electrons. The third kappa shape index (κ3) is 2.35. The van der Waals surface area contributed by atoms with Gasteiger partial charge in [0.1, 0.15) is 0 Å². The van der Waals surface area contributed by atoms with E-state index >= 15 is 0 Å². The monoisotopic (exact) mass is 213 g/mol. The number of fused-ring (bicyclic) bond motifs is 1. The van der Waals surface area contributed by atoms with E-state index in [0.29, 0.717) is 17.4 Å². The number of hydrogen-bond donors (Lipinski definition) is 1. The summed E-state index contributed by atoms with van der Waals surface area (Å²) in [4.78, 5) is 0. The molecule has 0 amide bonds. The second-order valence-electron chi connectivity index (χ2n) is 5.46. The van der Waals surface area contributed by atoms with Crippen molar-refractivity contribution < 1.29 is 9.47 Å². The first-order chi connectivity index (χ1) is 7.12. The maximum Gasteiger partial charge on any atom is 0.0961 e. The van der Waals surface area contributed by atoms with Crippen LogP contribution in [0, 0.1) is 11.3 Å². The molecule has 0 spiro atoms. The minimum Gasteiger partial charge on any atom is -0.373 e. The topological polar surface area (TPSA) is 30.5 Å². The molecule has 0 aromatic heterocycles. The van der Waals surface area contributed by atoms with Gasteiger partial charge in [-0.25, -0.2) is 0 Å². The van der Waals surface area contributed by atoms with Gasteiger partial charge in [-0.3, -0.25) is 0 Å². The van der Waals surface area contributed by atoms with Crippen LogP contribution >= 0.6 is 0 Å². The van der Waals surface area contributed by atoms with E-state index in [1.807, 2.05) is 0 Å². The van der Waals surface area contributed by atoms with Crippen LogP contribution in [0.15, 0.2) is 0 Å². The van der Waals surface area contributed by atoms with E-state index in [9.17, 15) is 0 Å². The van der Waals surface area contributed by atoms with Crippen LogP contribution in [0.5, 0.6) is 0 Å². The van der Waals surface area contributed by atoms with Gasteiger partial charge in [0.25, 0.3) is 0 Å². The highest BCUT2D eigenvalue weighted by atomic mass is 16.6. The number of hydrogen-bond acceptors (Lipinski definition) is 3.